The van der Waals surface area contributed by atoms with Crippen molar-refractivity contribution >= 4 is 11.9 Å². The summed E-state index contributed by atoms with van der Waals surface area (Å²) in [6.07, 6.45) is 8.89. The van der Waals surface area contributed by atoms with E-state index < -0.39 is 0 Å². The lowest BCUT2D eigenvalue weighted by Gasteiger charge is -2.34. The standard InChI is InChI=1S/C18H28N4O2/c19-13-14-8-11-21(12-9-14)17(23)16-7-4-10-22(16)18(24)20-15-5-2-1-3-6-15/h14-16H,1-12H2,(H,20,24)/t16-/m1/s1. The van der Waals surface area contributed by atoms with Crippen LogP contribution >= 0.6 is 0 Å². The molecule has 1 aliphatic carbocycles. The van der Waals surface area contributed by atoms with Crippen molar-refractivity contribution in [3.05, 3.63) is 0 Å². The fraction of sp³-hybridized carbons (Fsp3) is 0.833. The molecule has 0 aromatic rings. The van der Waals surface area contributed by atoms with Gasteiger partial charge >= 0.3 is 6.03 Å². The van der Waals surface area contributed by atoms with Crippen molar-refractivity contribution in [2.24, 2.45) is 5.92 Å². The molecule has 0 aromatic carbocycles. The highest BCUT2D eigenvalue weighted by molar-refractivity contribution is 5.87. The molecule has 1 N–H and O–H groups in total. The van der Waals surface area contributed by atoms with Gasteiger partial charge in [0.25, 0.3) is 0 Å². The van der Waals surface area contributed by atoms with E-state index in [0.717, 1.165) is 38.5 Å². The fourth-order valence-electron chi connectivity index (χ4n) is 4.21. The third kappa shape index (κ3) is 3.82. The number of hydrogen-bond donors (Lipinski definition) is 1. The first-order valence-corrected chi connectivity index (χ1v) is 9.44. The topological polar surface area (TPSA) is 76.4 Å². The summed E-state index contributed by atoms with van der Waals surface area (Å²) in [4.78, 5) is 29.0. The van der Waals surface area contributed by atoms with Crippen molar-refractivity contribution in [2.45, 2.75) is 69.9 Å². The van der Waals surface area contributed by atoms with Crippen molar-refractivity contribution in [3.63, 3.8) is 0 Å². The molecule has 2 saturated heterocycles. The maximum Gasteiger partial charge on any atom is 0.318 e. The molecule has 6 heteroatoms. The first-order valence-electron chi connectivity index (χ1n) is 9.44. The molecule has 2 aliphatic heterocycles. The molecule has 0 radical (unpaired) electrons. The minimum absolute atomic E-state index is 0.0651. The van der Waals surface area contributed by atoms with Crippen LogP contribution < -0.4 is 5.32 Å². The number of rotatable bonds is 2. The first kappa shape index (κ1) is 17.1. The van der Waals surface area contributed by atoms with E-state index in [4.69, 9.17) is 5.26 Å². The molecule has 0 spiro atoms. The van der Waals surface area contributed by atoms with Gasteiger partial charge < -0.3 is 15.1 Å². The Kier molecular flexibility index (Phi) is 5.60. The van der Waals surface area contributed by atoms with Gasteiger partial charge in [-0.3, -0.25) is 4.79 Å². The van der Waals surface area contributed by atoms with Gasteiger partial charge in [0.15, 0.2) is 0 Å². The van der Waals surface area contributed by atoms with Gasteiger partial charge in [-0.1, -0.05) is 19.3 Å². The van der Waals surface area contributed by atoms with E-state index in [0.29, 0.717) is 19.6 Å². The number of nitrogens with zero attached hydrogens (tertiary/aromatic N) is 3. The molecule has 1 saturated carbocycles. The van der Waals surface area contributed by atoms with Gasteiger partial charge in [-0.2, -0.15) is 5.26 Å². The molecule has 3 amide bonds. The lowest BCUT2D eigenvalue weighted by atomic mass is 9.96. The van der Waals surface area contributed by atoms with E-state index in [1.54, 1.807) is 4.90 Å². The van der Waals surface area contributed by atoms with E-state index >= 15 is 0 Å². The molecule has 3 aliphatic rings. The molecule has 0 aromatic heterocycles. The summed E-state index contributed by atoms with van der Waals surface area (Å²) in [5.41, 5.74) is 0. The third-order valence-corrected chi connectivity index (χ3v) is 5.72. The molecular formula is C18H28N4O2. The van der Waals surface area contributed by atoms with E-state index in [2.05, 4.69) is 11.4 Å². The normalized spacial score (nSPS) is 26.2. The van der Waals surface area contributed by atoms with Crippen LogP contribution in [0.2, 0.25) is 0 Å². The van der Waals surface area contributed by atoms with Crippen molar-refractivity contribution in [3.8, 4) is 6.07 Å². The van der Waals surface area contributed by atoms with Crippen LogP contribution in [0.3, 0.4) is 0 Å². The number of amides is 3. The van der Waals surface area contributed by atoms with Crippen molar-refractivity contribution in [1.29, 1.82) is 5.26 Å². The van der Waals surface area contributed by atoms with Crippen molar-refractivity contribution < 1.29 is 9.59 Å². The van der Waals surface area contributed by atoms with E-state index in [1.165, 1.54) is 19.3 Å². The minimum atomic E-state index is -0.313. The Labute approximate surface area is 144 Å². The zero-order chi connectivity index (χ0) is 16.9. The molecule has 6 nitrogen and oxygen atoms in total. The predicted molar refractivity (Wildman–Crippen MR) is 90.0 cm³/mol. The summed E-state index contributed by atoms with van der Waals surface area (Å²) >= 11 is 0. The van der Waals surface area contributed by atoms with E-state index in [-0.39, 0.29) is 29.9 Å². The predicted octanol–water partition coefficient (Wildman–Crippen LogP) is 2.26. The van der Waals surface area contributed by atoms with Gasteiger partial charge in [0.05, 0.1) is 6.07 Å². The molecule has 3 fully saturated rings. The second-order valence-corrected chi connectivity index (χ2v) is 7.36. The van der Waals surface area contributed by atoms with Crippen LogP contribution in [0.15, 0.2) is 0 Å². The summed E-state index contributed by atoms with van der Waals surface area (Å²) in [7, 11) is 0. The maximum absolute atomic E-state index is 12.8. The molecule has 24 heavy (non-hydrogen) atoms. The summed E-state index contributed by atoms with van der Waals surface area (Å²) in [5.74, 6) is 0.144. The lowest BCUT2D eigenvalue weighted by Crippen LogP contribution is -2.53. The van der Waals surface area contributed by atoms with Crippen LogP contribution in [0.25, 0.3) is 0 Å². The van der Waals surface area contributed by atoms with Gasteiger partial charge in [-0.15, -0.1) is 0 Å². The second kappa shape index (κ2) is 7.87. The highest BCUT2D eigenvalue weighted by Crippen LogP contribution is 2.24. The number of nitriles is 1. The summed E-state index contributed by atoms with van der Waals surface area (Å²) in [5, 5.41) is 12.1. The number of hydrogen-bond acceptors (Lipinski definition) is 3. The smallest absolute Gasteiger partial charge is 0.318 e. The number of carbonyl (C=O) groups is 2. The van der Waals surface area contributed by atoms with Gasteiger partial charge in [0, 0.05) is 31.6 Å². The summed E-state index contributed by atoms with van der Waals surface area (Å²) in [6.45, 7) is 1.96. The summed E-state index contributed by atoms with van der Waals surface area (Å²) < 4.78 is 0. The summed E-state index contributed by atoms with van der Waals surface area (Å²) in [6, 6.07) is 2.19. The van der Waals surface area contributed by atoms with Crippen LogP contribution in [0, 0.1) is 17.2 Å². The molecule has 2 heterocycles. The fourth-order valence-corrected chi connectivity index (χ4v) is 4.21. The Balaban J connectivity index is 1.55. The van der Waals surface area contributed by atoms with Crippen LogP contribution in [0.4, 0.5) is 4.79 Å². The Bertz CT molecular complexity index is 502. The zero-order valence-electron chi connectivity index (χ0n) is 14.4. The largest absolute Gasteiger partial charge is 0.341 e. The minimum Gasteiger partial charge on any atom is -0.341 e. The Morgan fingerprint density at radius 3 is 2.29 bits per heavy atom. The Hall–Kier alpha value is -1.77. The van der Waals surface area contributed by atoms with E-state index in [1.807, 2.05) is 4.90 Å². The first-order chi connectivity index (χ1) is 11.7. The van der Waals surface area contributed by atoms with Gasteiger partial charge in [-0.25, -0.2) is 4.79 Å². The van der Waals surface area contributed by atoms with Crippen LogP contribution in [-0.4, -0.2) is 53.5 Å². The van der Waals surface area contributed by atoms with Crippen molar-refractivity contribution in [2.75, 3.05) is 19.6 Å². The third-order valence-electron chi connectivity index (χ3n) is 5.72. The van der Waals surface area contributed by atoms with Crippen LogP contribution in [-0.2, 0) is 4.79 Å². The van der Waals surface area contributed by atoms with Gasteiger partial charge in [-0.05, 0) is 38.5 Å². The molecule has 3 rings (SSSR count). The highest BCUT2D eigenvalue weighted by Gasteiger charge is 2.38. The molecule has 0 bridgehead atoms. The van der Waals surface area contributed by atoms with Gasteiger partial charge in [0.2, 0.25) is 5.91 Å². The maximum atomic E-state index is 12.8. The number of carbonyl (C=O) groups excluding carboxylic acids is 2. The van der Waals surface area contributed by atoms with Gasteiger partial charge in [0.1, 0.15) is 6.04 Å². The number of urea groups is 1. The Morgan fingerprint density at radius 2 is 1.62 bits per heavy atom. The number of piperidine rings is 1. The number of nitrogens with one attached hydrogen (secondary N) is 1. The molecular weight excluding hydrogens is 304 g/mol. The second-order valence-electron chi connectivity index (χ2n) is 7.36. The van der Waals surface area contributed by atoms with Crippen molar-refractivity contribution in [1.82, 2.24) is 15.1 Å². The average Bonchev–Trinajstić information content (AvgIpc) is 3.12. The highest BCUT2D eigenvalue weighted by atomic mass is 16.2. The number of likely N-dealkylation sites (tertiary alicyclic amines) is 2. The quantitative estimate of drug-likeness (QED) is 0.842. The van der Waals surface area contributed by atoms with Crippen LogP contribution in [0.1, 0.15) is 57.8 Å². The zero-order valence-corrected chi connectivity index (χ0v) is 14.4. The molecule has 0 unspecified atom stereocenters. The molecule has 132 valence electrons. The Morgan fingerprint density at radius 1 is 0.917 bits per heavy atom. The SMILES string of the molecule is N#CC1CCN(C(=O)[C@H]2CCCN2C(=O)NC2CCCCC2)CC1. The van der Waals surface area contributed by atoms with E-state index in [9.17, 15) is 9.59 Å². The lowest BCUT2D eigenvalue weighted by molar-refractivity contribution is -0.136. The van der Waals surface area contributed by atoms with Crippen LogP contribution in [0.5, 0.6) is 0 Å². The average molecular weight is 332 g/mol. The monoisotopic (exact) mass is 332 g/mol. The molecule has 1 atom stereocenters.